The van der Waals surface area contributed by atoms with Crippen LogP contribution in [-0.4, -0.2) is 60.3 Å². The topological polar surface area (TPSA) is 61.8 Å². The van der Waals surface area contributed by atoms with Gasteiger partial charge in [-0.15, -0.1) is 0 Å². The van der Waals surface area contributed by atoms with Crippen LogP contribution >= 0.6 is 0 Å². The molecule has 0 spiro atoms. The van der Waals surface area contributed by atoms with E-state index in [1.165, 1.54) is 11.3 Å². The quantitative estimate of drug-likeness (QED) is 0.814. The Kier molecular flexibility index (Phi) is 5.32. The van der Waals surface area contributed by atoms with Crippen molar-refractivity contribution in [3.05, 3.63) is 41.6 Å². The number of para-hydroxylation sites is 1. The van der Waals surface area contributed by atoms with E-state index in [4.69, 9.17) is 14.7 Å². The normalized spacial score (nSPS) is 16.7. The Hall–Kier alpha value is -2.83. The van der Waals surface area contributed by atoms with Crippen molar-refractivity contribution < 1.29 is 9.53 Å². The zero-order valence-electron chi connectivity index (χ0n) is 16.6. The summed E-state index contributed by atoms with van der Waals surface area (Å²) in [6.45, 7) is 7.95. The third kappa shape index (κ3) is 3.74. The first-order chi connectivity index (χ1) is 13.7. The lowest BCUT2D eigenvalue weighted by Crippen LogP contribution is -2.49. The maximum absolute atomic E-state index is 11.9. The molecule has 0 radical (unpaired) electrons. The molecule has 1 aromatic carbocycles. The van der Waals surface area contributed by atoms with Crippen LogP contribution in [0.25, 0.3) is 0 Å². The van der Waals surface area contributed by atoms with Crippen molar-refractivity contribution in [1.82, 2.24) is 14.9 Å². The number of hydrogen-bond donors (Lipinski definition) is 0. The van der Waals surface area contributed by atoms with E-state index in [2.05, 4.69) is 34.1 Å². The average Bonchev–Trinajstić information content (AvgIpc) is 2.73. The van der Waals surface area contributed by atoms with Gasteiger partial charge in [-0.05, 0) is 38.3 Å². The van der Waals surface area contributed by atoms with Gasteiger partial charge in [-0.25, -0.2) is 9.78 Å². The molecule has 0 unspecified atom stereocenters. The van der Waals surface area contributed by atoms with Crippen molar-refractivity contribution in [2.45, 2.75) is 26.7 Å². The third-order valence-electron chi connectivity index (χ3n) is 5.31. The summed E-state index contributed by atoms with van der Waals surface area (Å²) in [6.07, 6.45) is 1.97. The molecule has 1 saturated heterocycles. The van der Waals surface area contributed by atoms with Crippen LogP contribution in [0, 0.1) is 6.92 Å². The van der Waals surface area contributed by atoms with E-state index in [0.29, 0.717) is 19.7 Å². The zero-order valence-corrected chi connectivity index (χ0v) is 16.6. The van der Waals surface area contributed by atoms with E-state index in [0.717, 1.165) is 49.9 Å². The summed E-state index contributed by atoms with van der Waals surface area (Å²) < 4.78 is 5.11. The molecule has 0 aliphatic carbocycles. The Bertz CT molecular complexity index is 848. The van der Waals surface area contributed by atoms with Gasteiger partial charge in [-0.2, -0.15) is 4.98 Å². The van der Waals surface area contributed by atoms with Gasteiger partial charge < -0.3 is 19.4 Å². The highest BCUT2D eigenvalue weighted by molar-refractivity contribution is 5.68. The number of aryl methyl sites for hydroxylation is 2. The molecule has 0 saturated carbocycles. The molecule has 148 valence electrons. The molecule has 1 amide bonds. The number of fused-ring (bicyclic) bond motifs is 1. The molecule has 1 fully saturated rings. The summed E-state index contributed by atoms with van der Waals surface area (Å²) >= 11 is 0. The second kappa shape index (κ2) is 8.04. The summed E-state index contributed by atoms with van der Waals surface area (Å²) in [7, 11) is 0. The Labute approximate surface area is 165 Å². The van der Waals surface area contributed by atoms with E-state index >= 15 is 0 Å². The SMILES string of the molecule is CCOC(=O)N1CCN(c2cc(C)nc(N3CCCc4ccccc43)n2)CC1. The number of nitrogens with zero attached hydrogens (tertiary/aromatic N) is 5. The highest BCUT2D eigenvalue weighted by Gasteiger charge is 2.25. The minimum absolute atomic E-state index is 0.230. The smallest absolute Gasteiger partial charge is 0.409 e. The predicted molar refractivity (Wildman–Crippen MR) is 109 cm³/mol. The lowest BCUT2D eigenvalue weighted by Gasteiger charge is -2.35. The number of piperazine rings is 1. The Morgan fingerprint density at radius 1 is 1.11 bits per heavy atom. The Morgan fingerprint density at radius 2 is 1.89 bits per heavy atom. The van der Waals surface area contributed by atoms with Crippen molar-refractivity contribution in [1.29, 1.82) is 0 Å². The highest BCUT2D eigenvalue weighted by Crippen LogP contribution is 2.32. The molecular formula is C21H27N5O2. The van der Waals surface area contributed by atoms with Gasteiger partial charge in [0.05, 0.1) is 6.61 Å². The van der Waals surface area contributed by atoms with Crippen LogP contribution in [0.15, 0.2) is 30.3 Å². The van der Waals surface area contributed by atoms with Crippen molar-refractivity contribution in [3.8, 4) is 0 Å². The molecule has 2 aliphatic heterocycles. The summed E-state index contributed by atoms with van der Waals surface area (Å²) in [6, 6.07) is 10.5. The number of carbonyl (C=O) groups excluding carboxylic acids is 1. The minimum Gasteiger partial charge on any atom is -0.450 e. The lowest BCUT2D eigenvalue weighted by atomic mass is 10.0. The van der Waals surface area contributed by atoms with Crippen molar-refractivity contribution >= 4 is 23.5 Å². The molecule has 0 bridgehead atoms. The maximum atomic E-state index is 11.9. The maximum Gasteiger partial charge on any atom is 0.409 e. The van der Waals surface area contributed by atoms with E-state index in [-0.39, 0.29) is 6.09 Å². The van der Waals surface area contributed by atoms with Crippen LogP contribution in [0.5, 0.6) is 0 Å². The summed E-state index contributed by atoms with van der Waals surface area (Å²) in [4.78, 5) is 27.8. The van der Waals surface area contributed by atoms with Gasteiger partial charge in [-0.1, -0.05) is 18.2 Å². The van der Waals surface area contributed by atoms with Gasteiger partial charge in [-0.3, -0.25) is 0 Å². The standard InChI is InChI=1S/C21H27N5O2/c1-3-28-21(27)25-13-11-24(12-14-25)19-15-16(2)22-20(23-19)26-10-6-8-17-7-4-5-9-18(17)26/h4-5,7,9,15H,3,6,8,10-14H2,1-2H3. The molecule has 1 aromatic heterocycles. The van der Waals surface area contributed by atoms with Crippen LogP contribution in [0.3, 0.4) is 0 Å². The fourth-order valence-corrected chi connectivity index (χ4v) is 3.89. The highest BCUT2D eigenvalue weighted by atomic mass is 16.6. The summed E-state index contributed by atoms with van der Waals surface area (Å²) in [5.41, 5.74) is 3.51. The molecule has 0 atom stereocenters. The van der Waals surface area contributed by atoms with Gasteiger partial charge in [0.25, 0.3) is 0 Å². The number of anilines is 3. The van der Waals surface area contributed by atoms with Gasteiger partial charge >= 0.3 is 6.09 Å². The fraction of sp³-hybridized carbons (Fsp3) is 0.476. The van der Waals surface area contributed by atoms with E-state index in [1.807, 2.05) is 19.9 Å². The molecule has 3 heterocycles. The van der Waals surface area contributed by atoms with Gasteiger partial charge in [0.1, 0.15) is 5.82 Å². The molecule has 28 heavy (non-hydrogen) atoms. The molecule has 2 aliphatic rings. The van der Waals surface area contributed by atoms with Crippen LogP contribution in [0.1, 0.15) is 24.6 Å². The second-order valence-corrected chi connectivity index (χ2v) is 7.22. The zero-order chi connectivity index (χ0) is 19.5. The first-order valence-electron chi connectivity index (χ1n) is 10.0. The molecule has 2 aromatic rings. The number of aromatic nitrogens is 2. The molecular weight excluding hydrogens is 354 g/mol. The van der Waals surface area contributed by atoms with E-state index in [9.17, 15) is 4.79 Å². The van der Waals surface area contributed by atoms with Gasteiger partial charge in [0, 0.05) is 50.2 Å². The first-order valence-corrected chi connectivity index (χ1v) is 10.0. The average molecular weight is 381 g/mol. The van der Waals surface area contributed by atoms with Crippen molar-refractivity contribution in [2.75, 3.05) is 49.1 Å². The Morgan fingerprint density at radius 3 is 2.68 bits per heavy atom. The Balaban J connectivity index is 1.54. The number of carbonyl (C=O) groups is 1. The monoisotopic (exact) mass is 381 g/mol. The predicted octanol–water partition coefficient (Wildman–Crippen LogP) is 3.15. The van der Waals surface area contributed by atoms with Crippen LogP contribution < -0.4 is 9.80 Å². The lowest BCUT2D eigenvalue weighted by molar-refractivity contribution is 0.105. The fourth-order valence-electron chi connectivity index (χ4n) is 3.89. The van der Waals surface area contributed by atoms with Crippen LogP contribution in [0.4, 0.5) is 22.2 Å². The van der Waals surface area contributed by atoms with Crippen LogP contribution in [0.2, 0.25) is 0 Å². The number of hydrogen-bond acceptors (Lipinski definition) is 6. The van der Waals surface area contributed by atoms with Crippen LogP contribution in [-0.2, 0) is 11.2 Å². The van der Waals surface area contributed by atoms with E-state index in [1.54, 1.807) is 4.90 Å². The van der Waals surface area contributed by atoms with Gasteiger partial charge in [0.2, 0.25) is 5.95 Å². The summed E-state index contributed by atoms with van der Waals surface area (Å²) in [5, 5.41) is 0. The summed E-state index contributed by atoms with van der Waals surface area (Å²) in [5.74, 6) is 1.68. The molecule has 7 nitrogen and oxygen atoms in total. The number of ether oxygens (including phenoxy) is 1. The largest absolute Gasteiger partial charge is 0.450 e. The number of rotatable bonds is 3. The number of amides is 1. The molecule has 7 heteroatoms. The third-order valence-corrected chi connectivity index (χ3v) is 5.31. The second-order valence-electron chi connectivity index (χ2n) is 7.22. The van der Waals surface area contributed by atoms with Crippen molar-refractivity contribution in [3.63, 3.8) is 0 Å². The molecule has 4 rings (SSSR count). The van der Waals surface area contributed by atoms with E-state index < -0.39 is 0 Å². The van der Waals surface area contributed by atoms with Gasteiger partial charge in [0.15, 0.2) is 0 Å². The minimum atomic E-state index is -0.230. The van der Waals surface area contributed by atoms with Crippen molar-refractivity contribution in [2.24, 2.45) is 0 Å². The first kappa shape index (κ1) is 18.5. The number of benzene rings is 1. The molecule has 0 N–H and O–H groups in total.